The Morgan fingerprint density at radius 3 is 2.30 bits per heavy atom. The third-order valence-corrected chi connectivity index (χ3v) is 8.57. The van der Waals surface area contributed by atoms with Crippen molar-refractivity contribution >= 4 is 5.97 Å². The lowest BCUT2D eigenvalue weighted by molar-refractivity contribution is -0.153. The third-order valence-electron chi connectivity index (χ3n) is 8.57. The maximum absolute atomic E-state index is 12.3. The molecule has 0 spiro atoms. The van der Waals surface area contributed by atoms with Crippen LogP contribution in [-0.4, -0.2) is 11.1 Å². The Bertz CT molecular complexity index is 453. The molecule has 3 aliphatic carbocycles. The van der Waals surface area contributed by atoms with Crippen LogP contribution in [0.2, 0.25) is 0 Å². The molecule has 2 nitrogen and oxygen atoms in total. The minimum atomic E-state index is -0.477. The summed E-state index contributed by atoms with van der Waals surface area (Å²) in [7, 11) is 0. The van der Waals surface area contributed by atoms with Crippen molar-refractivity contribution in [2.45, 2.75) is 110 Å². The Hall–Kier alpha value is -0.530. The molecular weight excluding hydrogens is 332 g/mol. The van der Waals surface area contributed by atoms with E-state index in [0.29, 0.717) is 23.7 Å². The number of hydrogen-bond donors (Lipinski definition) is 1. The molecule has 0 aromatic carbocycles. The fourth-order valence-corrected chi connectivity index (χ4v) is 7.41. The molecule has 6 unspecified atom stereocenters. The molecule has 0 aliphatic heterocycles. The summed E-state index contributed by atoms with van der Waals surface area (Å²) in [5, 5.41) is 10.1. The summed E-state index contributed by atoms with van der Waals surface area (Å²) < 4.78 is 0. The Balaban J connectivity index is 1.76. The SMILES string of the molecule is CCCCCC1CCC2C(C1)C(CCC)CC(C(=O)O)C2C1CCCCC1. The highest BCUT2D eigenvalue weighted by molar-refractivity contribution is 5.70. The highest BCUT2D eigenvalue weighted by Crippen LogP contribution is 2.56. The predicted octanol–water partition coefficient (Wildman–Crippen LogP) is 7.32. The molecule has 1 N–H and O–H groups in total. The van der Waals surface area contributed by atoms with Gasteiger partial charge >= 0.3 is 5.97 Å². The van der Waals surface area contributed by atoms with Crippen molar-refractivity contribution in [3.8, 4) is 0 Å². The number of carbonyl (C=O) groups is 1. The predicted molar refractivity (Wildman–Crippen MR) is 113 cm³/mol. The van der Waals surface area contributed by atoms with Crippen LogP contribution in [0.5, 0.6) is 0 Å². The second-order valence-corrected chi connectivity index (χ2v) is 10.2. The fraction of sp³-hybridized carbons (Fsp3) is 0.960. The summed E-state index contributed by atoms with van der Waals surface area (Å²) in [5.74, 6) is 3.79. The molecule has 3 saturated carbocycles. The fourth-order valence-electron chi connectivity index (χ4n) is 7.41. The molecule has 0 bridgehead atoms. The van der Waals surface area contributed by atoms with Crippen molar-refractivity contribution < 1.29 is 9.90 Å². The molecule has 0 aromatic rings. The second-order valence-electron chi connectivity index (χ2n) is 10.2. The largest absolute Gasteiger partial charge is 0.481 e. The standard InChI is InChI=1S/C25H44O2/c1-3-5-7-11-18-14-15-21-22(16-18)20(10-4-2)17-23(25(26)27)24(21)19-12-8-6-9-13-19/h18-24H,3-17H2,1-2H3,(H,26,27). The Kier molecular flexibility index (Phi) is 8.09. The van der Waals surface area contributed by atoms with Crippen LogP contribution in [-0.2, 0) is 4.79 Å². The van der Waals surface area contributed by atoms with E-state index in [2.05, 4.69) is 13.8 Å². The van der Waals surface area contributed by atoms with Crippen molar-refractivity contribution in [3.05, 3.63) is 0 Å². The van der Waals surface area contributed by atoms with Crippen LogP contribution in [0, 0.1) is 41.4 Å². The number of hydrogen-bond acceptors (Lipinski definition) is 1. The van der Waals surface area contributed by atoms with Crippen LogP contribution in [0.1, 0.15) is 110 Å². The topological polar surface area (TPSA) is 37.3 Å². The molecule has 2 heteroatoms. The second kappa shape index (κ2) is 10.3. The first-order valence-corrected chi connectivity index (χ1v) is 12.4. The van der Waals surface area contributed by atoms with Gasteiger partial charge in [-0.15, -0.1) is 0 Å². The third kappa shape index (κ3) is 5.10. The minimum absolute atomic E-state index is 0.0532. The van der Waals surface area contributed by atoms with E-state index < -0.39 is 5.97 Å². The number of carboxylic acid groups (broad SMARTS) is 1. The van der Waals surface area contributed by atoms with Crippen molar-refractivity contribution in [1.29, 1.82) is 0 Å². The van der Waals surface area contributed by atoms with E-state index in [1.54, 1.807) is 0 Å². The van der Waals surface area contributed by atoms with E-state index in [4.69, 9.17) is 0 Å². The number of rotatable bonds is 8. The van der Waals surface area contributed by atoms with Crippen molar-refractivity contribution in [2.75, 3.05) is 0 Å². The lowest BCUT2D eigenvalue weighted by Gasteiger charge is -2.53. The average Bonchev–Trinajstić information content (AvgIpc) is 2.68. The minimum Gasteiger partial charge on any atom is -0.481 e. The monoisotopic (exact) mass is 376 g/mol. The lowest BCUT2D eigenvalue weighted by Crippen LogP contribution is -2.48. The Morgan fingerprint density at radius 2 is 1.63 bits per heavy atom. The molecule has 0 saturated heterocycles. The number of fused-ring (bicyclic) bond motifs is 1. The van der Waals surface area contributed by atoms with Gasteiger partial charge in [0, 0.05) is 0 Å². The highest BCUT2D eigenvalue weighted by Gasteiger charge is 2.50. The van der Waals surface area contributed by atoms with Gasteiger partial charge < -0.3 is 5.11 Å². The summed E-state index contributed by atoms with van der Waals surface area (Å²) in [6.45, 7) is 4.59. The summed E-state index contributed by atoms with van der Waals surface area (Å²) in [6.07, 6.45) is 19.7. The molecular formula is C25H44O2. The van der Waals surface area contributed by atoms with Crippen LogP contribution in [0.3, 0.4) is 0 Å². The van der Waals surface area contributed by atoms with E-state index in [-0.39, 0.29) is 5.92 Å². The summed E-state index contributed by atoms with van der Waals surface area (Å²) >= 11 is 0. The maximum atomic E-state index is 12.3. The zero-order chi connectivity index (χ0) is 19.2. The Morgan fingerprint density at radius 1 is 0.852 bits per heavy atom. The zero-order valence-electron chi connectivity index (χ0n) is 18.0. The molecule has 6 atom stereocenters. The first-order valence-electron chi connectivity index (χ1n) is 12.4. The summed E-state index contributed by atoms with van der Waals surface area (Å²) in [5.41, 5.74) is 0. The molecule has 0 radical (unpaired) electrons. The van der Waals surface area contributed by atoms with Crippen molar-refractivity contribution in [3.63, 3.8) is 0 Å². The first kappa shape index (κ1) is 21.2. The highest BCUT2D eigenvalue weighted by atomic mass is 16.4. The van der Waals surface area contributed by atoms with Gasteiger partial charge in [-0.05, 0) is 54.8 Å². The van der Waals surface area contributed by atoms with E-state index in [1.807, 2.05) is 0 Å². The van der Waals surface area contributed by atoms with Crippen LogP contribution < -0.4 is 0 Å². The first-order chi connectivity index (χ1) is 13.2. The Labute approximate surface area is 167 Å². The normalized spacial score (nSPS) is 37.7. The van der Waals surface area contributed by atoms with E-state index >= 15 is 0 Å². The van der Waals surface area contributed by atoms with E-state index in [1.165, 1.54) is 89.9 Å². The molecule has 156 valence electrons. The van der Waals surface area contributed by atoms with Gasteiger partial charge in [0.25, 0.3) is 0 Å². The zero-order valence-corrected chi connectivity index (χ0v) is 18.0. The quantitative estimate of drug-likeness (QED) is 0.451. The van der Waals surface area contributed by atoms with Gasteiger partial charge in [0.2, 0.25) is 0 Å². The molecule has 0 amide bonds. The molecule has 27 heavy (non-hydrogen) atoms. The number of aliphatic carboxylic acids is 1. The van der Waals surface area contributed by atoms with Crippen LogP contribution in [0.25, 0.3) is 0 Å². The molecule has 3 aliphatic rings. The van der Waals surface area contributed by atoms with Crippen molar-refractivity contribution in [1.82, 2.24) is 0 Å². The van der Waals surface area contributed by atoms with Gasteiger partial charge in [-0.3, -0.25) is 4.79 Å². The lowest BCUT2D eigenvalue weighted by atomic mass is 9.51. The van der Waals surface area contributed by atoms with Gasteiger partial charge in [0.05, 0.1) is 5.92 Å². The smallest absolute Gasteiger partial charge is 0.306 e. The van der Waals surface area contributed by atoms with Crippen LogP contribution >= 0.6 is 0 Å². The van der Waals surface area contributed by atoms with Gasteiger partial charge in [-0.25, -0.2) is 0 Å². The molecule has 3 fully saturated rings. The molecule has 0 aromatic heterocycles. The van der Waals surface area contributed by atoms with Gasteiger partial charge in [0.1, 0.15) is 0 Å². The maximum Gasteiger partial charge on any atom is 0.306 e. The molecule has 3 rings (SSSR count). The number of unbranched alkanes of at least 4 members (excludes halogenated alkanes) is 2. The van der Waals surface area contributed by atoms with E-state index in [0.717, 1.165) is 18.3 Å². The molecule has 0 heterocycles. The van der Waals surface area contributed by atoms with Crippen molar-refractivity contribution in [2.24, 2.45) is 41.4 Å². The van der Waals surface area contributed by atoms with Gasteiger partial charge in [0.15, 0.2) is 0 Å². The van der Waals surface area contributed by atoms with Gasteiger partial charge in [-0.1, -0.05) is 90.9 Å². The summed E-state index contributed by atoms with van der Waals surface area (Å²) in [6, 6.07) is 0. The van der Waals surface area contributed by atoms with Crippen LogP contribution in [0.4, 0.5) is 0 Å². The van der Waals surface area contributed by atoms with E-state index in [9.17, 15) is 9.90 Å². The summed E-state index contributed by atoms with van der Waals surface area (Å²) in [4.78, 5) is 12.3. The van der Waals surface area contributed by atoms with Gasteiger partial charge in [-0.2, -0.15) is 0 Å². The average molecular weight is 377 g/mol. The van der Waals surface area contributed by atoms with Crippen LogP contribution in [0.15, 0.2) is 0 Å². The number of carboxylic acids is 1.